The van der Waals surface area contributed by atoms with Gasteiger partial charge in [-0.25, -0.2) is 4.39 Å². The Kier molecular flexibility index (Phi) is 3.51. The van der Waals surface area contributed by atoms with Crippen LogP contribution >= 0.6 is 0 Å². The highest BCUT2D eigenvalue weighted by atomic mass is 19.1. The van der Waals surface area contributed by atoms with Crippen LogP contribution in [0.25, 0.3) is 0 Å². The molecule has 0 bridgehead atoms. The maximum absolute atomic E-state index is 13.6. The predicted molar refractivity (Wildman–Crippen MR) is 67.4 cm³/mol. The fourth-order valence-corrected chi connectivity index (χ4v) is 1.50. The van der Waals surface area contributed by atoms with Gasteiger partial charge in [0.05, 0.1) is 16.7 Å². The molecule has 96 valence electrons. The van der Waals surface area contributed by atoms with Crippen LogP contribution in [0, 0.1) is 15.9 Å². The van der Waals surface area contributed by atoms with Crippen LogP contribution in [0.15, 0.2) is 48.5 Å². The van der Waals surface area contributed by atoms with Gasteiger partial charge in [-0.1, -0.05) is 18.2 Å². The van der Waals surface area contributed by atoms with Crippen molar-refractivity contribution in [3.63, 3.8) is 0 Å². The number of amides is 1. The molecule has 0 fully saturated rings. The van der Waals surface area contributed by atoms with Crippen LogP contribution in [0.2, 0.25) is 0 Å². The van der Waals surface area contributed by atoms with Gasteiger partial charge in [0.2, 0.25) is 0 Å². The van der Waals surface area contributed by atoms with E-state index in [0.717, 1.165) is 18.2 Å². The standard InChI is InChI=1S/C13H9FN2O3/c14-11-8-10(16(18)19)6-7-12(11)15-13(17)9-4-2-1-3-5-9/h1-8H,(H,15,17). The van der Waals surface area contributed by atoms with Gasteiger partial charge in [-0.3, -0.25) is 14.9 Å². The minimum Gasteiger partial charge on any atom is -0.319 e. The molecular formula is C13H9FN2O3. The van der Waals surface area contributed by atoms with E-state index >= 15 is 0 Å². The van der Waals surface area contributed by atoms with Crippen LogP contribution < -0.4 is 5.32 Å². The molecule has 2 rings (SSSR count). The summed E-state index contributed by atoms with van der Waals surface area (Å²) >= 11 is 0. The van der Waals surface area contributed by atoms with E-state index in [2.05, 4.69) is 5.32 Å². The van der Waals surface area contributed by atoms with Crippen LogP contribution in [0.3, 0.4) is 0 Å². The van der Waals surface area contributed by atoms with Gasteiger partial charge in [0, 0.05) is 11.6 Å². The first-order chi connectivity index (χ1) is 9.08. The lowest BCUT2D eigenvalue weighted by atomic mass is 10.2. The van der Waals surface area contributed by atoms with E-state index in [1.807, 2.05) is 0 Å². The van der Waals surface area contributed by atoms with Crippen molar-refractivity contribution in [3.8, 4) is 0 Å². The molecule has 1 N–H and O–H groups in total. The molecule has 2 aromatic rings. The summed E-state index contributed by atoms with van der Waals surface area (Å²) in [4.78, 5) is 21.5. The Hall–Kier alpha value is -2.76. The van der Waals surface area contributed by atoms with Gasteiger partial charge in [-0.05, 0) is 18.2 Å². The number of nitrogens with zero attached hydrogens (tertiary/aromatic N) is 1. The minimum absolute atomic E-state index is 0.0977. The smallest absolute Gasteiger partial charge is 0.272 e. The molecule has 0 saturated heterocycles. The number of hydrogen-bond acceptors (Lipinski definition) is 3. The fourth-order valence-electron chi connectivity index (χ4n) is 1.50. The predicted octanol–water partition coefficient (Wildman–Crippen LogP) is 2.99. The highest BCUT2D eigenvalue weighted by molar-refractivity contribution is 6.04. The normalized spacial score (nSPS) is 9.95. The Morgan fingerprint density at radius 1 is 1.16 bits per heavy atom. The third-order valence-electron chi connectivity index (χ3n) is 2.45. The van der Waals surface area contributed by atoms with Gasteiger partial charge in [0.25, 0.3) is 11.6 Å². The first-order valence-corrected chi connectivity index (χ1v) is 5.38. The van der Waals surface area contributed by atoms with Gasteiger partial charge < -0.3 is 5.32 Å². The second kappa shape index (κ2) is 5.26. The van der Waals surface area contributed by atoms with Crippen molar-refractivity contribution >= 4 is 17.3 Å². The zero-order chi connectivity index (χ0) is 13.8. The quantitative estimate of drug-likeness (QED) is 0.681. The van der Waals surface area contributed by atoms with Crippen molar-refractivity contribution in [2.45, 2.75) is 0 Å². The second-order valence-electron chi connectivity index (χ2n) is 3.74. The fraction of sp³-hybridized carbons (Fsp3) is 0. The average Bonchev–Trinajstić information content (AvgIpc) is 2.41. The zero-order valence-corrected chi connectivity index (χ0v) is 9.67. The Labute approximate surface area is 107 Å². The van der Waals surface area contributed by atoms with Gasteiger partial charge in [0.1, 0.15) is 0 Å². The Bertz CT molecular complexity index is 629. The number of non-ortho nitro benzene ring substituents is 1. The summed E-state index contributed by atoms with van der Waals surface area (Å²) in [5, 5.41) is 12.8. The molecule has 0 unspecified atom stereocenters. The lowest BCUT2D eigenvalue weighted by molar-refractivity contribution is -0.385. The molecule has 5 nitrogen and oxygen atoms in total. The molecule has 2 aromatic carbocycles. The Morgan fingerprint density at radius 3 is 2.42 bits per heavy atom. The maximum atomic E-state index is 13.6. The summed E-state index contributed by atoms with van der Waals surface area (Å²) < 4.78 is 13.6. The highest BCUT2D eigenvalue weighted by Crippen LogP contribution is 2.21. The largest absolute Gasteiger partial charge is 0.319 e. The lowest BCUT2D eigenvalue weighted by Crippen LogP contribution is -2.12. The number of rotatable bonds is 3. The number of anilines is 1. The van der Waals surface area contributed by atoms with Crippen molar-refractivity contribution in [1.82, 2.24) is 0 Å². The van der Waals surface area contributed by atoms with E-state index in [1.54, 1.807) is 30.3 Å². The molecule has 19 heavy (non-hydrogen) atoms. The van der Waals surface area contributed by atoms with E-state index in [-0.39, 0.29) is 11.4 Å². The van der Waals surface area contributed by atoms with E-state index in [9.17, 15) is 19.3 Å². The zero-order valence-electron chi connectivity index (χ0n) is 9.67. The van der Waals surface area contributed by atoms with Crippen LogP contribution in [-0.2, 0) is 0 Å². The SMILES string of the molecule is O=C(Nc1ccc([N+](=O)[O-])cc1F)c1ccccc1. The molecule has 0 spiro atoms. The lowest BCUT2D eigenvalue weighted by Gasteiger charge is -2.06. The van der Waals surface area contributed by atoms with Crippen molar-refractivity contribution in [1.29, 1.82) is 0 Å². The first kappa shape index (κ1) is 12.7. The highest BCUT2D eigenvalue weighted by Gasteiger charge is 2.13. The first-order valence-electron chi connectivity index (χ1n) is 5.38. The number of nitro benzene ring substituents is 1. The van der Waals surface area contributed by atoms with Gasteiger partial charge >= 0.3 is 0 Å². The molecule has 0 saturated carbocycles. The van der Waals surface area contributed by atoms with Crippen LogP contribution in [0.4, 0.5) is 15.8 Å². The number of halogens is 1. The molecule has 1 amide bonds. The number of nitrogens with one attached hydrogen (secondary N) is 1. The third-order valence-corrected chi connectivity index (χ3v) is 2.45. The number of nitro groups is 1. The van der Waals surface area contributed by atoms with Crippen LogP contribution in [0.1, 0.15) is 10.4 Å². The molecule has 6 heteroatoms. The third kappa shape index (κ3) is 2.92. The summed E-state index contributed by atoms with van der Waals surface area (Å²) in [5.41, 5.74) is -0.0880. The topological polar surface area (TPSA) is 72.2 Å². The summed E-state index contributed by atoms with van der Waals surface area (Å²) in [6, 6.07) is 11.3. The molecule has 0 atom stereocenters. The summed E-state index contributed by atoms with van der Waals surface area (Å²) in [6.07, 6.45) is 0. The van der Waals surface area contributed by atoms with Gasteiger partial charge in [-0.2, -0.15) is 0 Å². The molecule has 0 heterocycles. The number of carbonyl (C=O) groups excluding carboxylic acids is 1. The Balaban J connectivity index is 2.20. The van der Waals surface area contributed by atoms with Crippen molar-refractivity contribution in [2.75, 3.05) is 5.32 Å². The monoisotopic (exact) mass is 260 g/mol. The second-order valence-corrected chi connectivity index (χ2v) is 3.74. The average molecular weight is 260 g/mol. The molecule has 0 aliphatic heterocycles. The van der Waals surface area contributed by atoms with Gasteiger partial charge in [0.15, 0.2) is 5.82 Å². The van der Waals surface area contributed by atoms with Crippen molar-refractivity contribution in [2.24, 2.45) is 0 Å². The molecule has 0 aliphatic carbocycles. The van der Waals surface area contributed by atoms with E-state index in [4.69, 9.17) is 0 Å². The van der Waals surface area contributed by atoms with Crippen LogP contribution in [-0.4, -0.2) is 10.8 Å². The molecule has 0 aromatic heterocycles. The van der Waals surface area contributed by atoms with E-state index in [0.29, 0.717) is 5.56 Å². The number of carbonyl (C=O) groups is 1. The van der Waals surface area contributed by atoms with Crippen LogP contribution in [0.5, 0.6) is 0 Å². The molecular weight excluding hydrogens is 251 g/mol. The van der Waals surface area contributed by atoms with Gasteiger partial charge in [-0.15, -0.1) is 0 Å². The number of benzene rings is 2. The van der Waals surface area contributed by atoms with Crippen molar-refractivity contribution in [3.05, 3.63) is 70.0 Å². The minimum atomic E-state index is -0.849. The summed E-state index contributed by atoms with van der Waals surface area (Å²) in [6.45, 7) is 0. The summed E-state index contributed by atoms with van der Waals surface area (Å²) in [5.74, 6) is -1.33. The maximum Gasteiger partial charge on any atom is 0.272 e. The number of hydrogen-bond donors (Lipinski definition) is 1. The Morgan fingerprint density at radius 2 is 1.84 bits per heavy atom. The van der Waals surface area contributed by atoms with Crippen molar-refractivity contribution < 1.29 is 14.1 Å². The van der Waals surface area contributed by atoms with E-state index < -0.39 is 16.6 Å². The summed E-state index contributed by atoms with van der Waals surface area (Å²) in [7, 11) is 0. The molecule has 0 radical (unpaired) electrons. The van der Waals surface area contributed by atoms with E-state index in [1.165, 1.54) is 0 Å². The molecule has 0 aliphatic rings.